The monoisotopic (exact) mass is 481 g/mol. The van der Waals surface area contributed by atoms with Gasteiger partial charge in [0.15, 0.2) is 0 Å². The lowest BCUT2D eigenvalue weighted by molar-refractivity contribution is 0.0976. The van der Waals surface area contributed by atoms with Crippen LogP contribution in [0.4, 0.5) is 5.69 Å². The summed E-state index contributed by atoms with van der Waals surface area (Å²) in [5.74, 6) is 0.166. The number of guanidine groups is 1. The van der Waals surface area contributed by atoms with Crippen molar-refractivity contribution < 1.29 is 4.79 Å². The van der Waals surface area contributed by atoms with Crippen LogP contribution in [0, 0.1) is 20.8 Å². The van der Waals surface area contributed by atoms with Crippen LogP contribution in [0.5, 0.6) is 0 Å². The van der Waals surface area contributed by atoms with Crippen molar-refractivity contribution in [2.45, 2.75) is 47.2 Å². The van der Waals surface area contributed by atoms with Gasteiger partial charge in [0, 0.05) is 28.5 Å². The number of carbonyl (C=O) groups excluding carboxylic acids is 1. The van der Waals surface area contributed by atoms with Crippen LogP contribution >= 0.6 is 15.9 Å². The van der Waals surface area contributed by atoms with Gasteiger partial charge in [-0.25, -0.2) is 4.99 Å². The molecule has 0 aliphatic carbocycles. The molecule has 0 unspecified atom stereocenters. The average molecular weight is 482 g/mol. The number of aryl methyl sites for hydroxylation is 3. The summed E-state index contributed by atoms with van der Waals surface area (Å²) in [6.07, 6.45) is 3.04. The maximum Gasteiger partial charge on any atom is 0.259 e. The minimum Gasteiger partial charge on any atom is -0.326 e. The Hall–Kier alpha value is -2.93. The average Bonchev–Trinajstić information content (AvgIpc) is 3.09. The highest BCUT2D eigenvalue weighted by molar-refractivity contribution is 9.10. The maximum atomic E-state index is 12.9. The number of nitrogens with zero attached hydrogens (tertiary/aromatic N) is 3. The van der Waals surface area contributed by atoms with Crippen LogP contribution in [0.1, 0.15) is 46.1 Å². The highest BCUT2D eigenvalue weighted by atomic mass is 79.9. The van der Waals surface area contributed by atoms with Gasteiger partial charge in [-0.1, -0.05) is 31.2 Å². The van der Waals surface area contributed by atoms with Gasteiger partial charge in [-0.2, -0.15) is 5.10 Å². The van der Waals surface area contributed by atoms with Crippen molar-refractivity contribution in [3.8, 4) is 0 Å². The molecular weight excluding hydrogens is 454 g/mol. The van der Waals surface area contributed by atoms with E-state index < -0.39 is 0 Å². The van der Waals surface area contributed by atoms with Gasteiger partial charge in [0.1, 0.15) is 0 Å². The van der Waals surface area contributed by atoms with Crippen LogP contribution < -0.4 is 10.6 Å². The third-order valence-corrected chi connectivity index (χ3v) is 5.81. The quantitative estimate of drug-likeness (QED) is 0.366. The minimum absolute atomic E-state index is 0.234. The first-order valence-electron chi connectivity index (χ1n) is 10.4. The molecule has 0 fully saturated rings. The van der Waals surface area contributed by atoms with Crippen molar-refractivity contribution in [3.05, 3.63) is 81.1 Å². The Morgan fingerprint density at radius 1 is 1.13 bits per heavy atom. The molecule has 7 heteroatoms. The van der Waals surface area contributed by atoms with Crippen LogP contribution in [-0.2, 0) is 13.1 Å². The molecule has 6 nitrogen and oxygen atoms in total. The number of anilines is 1. The van der Waals surface area contributed by atoms with Crippen molar-refractivity contribution in [3.63, 3.8) is 0 Å². The number of halogens is 1. The molecule has 31 heavy (non-hydrogen) atoms. The molecule has 1 amide bonds. The third-order valence-electron chi connectivity index (χ3n) is 5.12. The number of nitrogens with one attached hydrogen (secondary N) is 2. The van der Waals surface area contributed by atoms with Gasteiger partial charge < -0.3 is 5.32 Å². The fourth-order valence-corrected chi connectivity index (χ4v) is 3.63. The predicted octanol–water partition coefficient (Wildman–Crippen LogP) is 5.38. The number of hydrogen-bond donors (Lipinski definition) is 2. The van der Waals surface area contributed by atoms with E-state index in [9.17, 15) is 4.79 Å². The molecule has 1 heterocycles. The molecule has 0 aliphatic rings. The number of carbonyl (C=O) groups is 1. The van der Waals surface area contributed by atoms with E-state index in [1.54, 1.807) is 6.07 Å². The molecule has 2 N–H and O–H groups in total. The van der Waals surface area contributed by atoms with Crippen LogP contribution in [0.2, 0.25) is 0 Å². The Balaban J connectivity index is 1.88. The van der Waals surface area contributed by atoms with E-state index in [-0.39, 0.29) is 5.91 Å². The van der Waals surface area contributed by atoms with Gasteiger partial charge >= 0.3 is 0 Å². The molecule has 162 valence electrons. The van der Waals surface area contributed by atoms with Gasteiger partial charge in [0.05, 0.1) is 17.8 Å². The largest absolute Gasteiger partial charge is 0.326 e. The summed E-state index contributed by atoms with van der Waals surface area (Å²) < 4.78 is 2.67. The second kappa shape index (κ2) is 10.4. The van der Waals surface area contributed by atoms with E-state index in [0.29, 0.717) is 18.1 Å². The number of hydrogen-bond acceptors (Lipinski definition) is 3. The van der Waals surface area contributed by atoms with Gasteiger partial charge in [-0.15, -0.1) is 0 Å². The lowest BCUT2D eigenvalue weighted by Gasteiger charge is -2.15. The summed E-state index contributed by atoms with van der Waals surface area (Å²) in [4.78, 5) is 17.6. The van der Waals surface area contributed by atoms with E-state index in [4.69, 9.17) is 4.99 Å². The Morgan fingerprint density at radius 3 is 2.65 bits per heavy atom. The molecule has 2 aromatic carbocycles. The molecule has 0 radical (unpaired) electrons. The number of aromatic nitrogens is 2. The van der Waals surface area contributed by atoms with Gasteiger partial charge in [-0.05, 0) is 72.4 Å². The van der Waals surface area contributed by atoms with E-state index in [1.807, 2.05) is 55.1 Å². The second-order valence-electron chi connectivity index (χ2n) is 7.47. The first-order chi connectivity index (χ1) is 14.9. The number of rotatable bonds is 6. The second-order valence-corrected chi connectivity index (χ2v) is 8.33. The molecule has 0 aliphatic heterocycles. The summed E-state index contributed by atoms with van der Waals surface area (Å²) in [6.45, 7) is 9.50. The lowest BCUT2D eigenvalue weighted by Crippen LogP contribution is -2.36. The molecule has 3 aromatic rings. The SMILES string of the molecule is CCCn1cc(CN=C(NC(=O)c2ccccc2Br)Nc2cccc(C)c2C)c(C)n1. The molecule has 1 aromatic heterocycles. The van der Waals surface area contributed by atoms with Crippen molar-refractivity contribution >= 4 is 33.5 Å². The summed E-state index contributed by atoms with van der Waals surface area (Å²) in [5, 5.41) is 10.8. The summed E-state index contributed by atoms with van der Waals surface area (Å²) in [6, 6.07) is 13.3. The number of benzene rings is 2. The highest BCUT2D eigenvalue weighted by Crippen LogP contribution is 2.19. The first-order valence-corrected chi connectivity index (χ1v) is 11.1. The Morgan fingerprint density at radius 2 is 1.90 bits per heavy atom. The Labute approximate surface area is 191 Å². The zero-order chi connectivity index (χ0) is 22.4. The Bertz CT molecular complexity index is 1100. The minimum atomic E-state index is -0.234. The molecule has 0 saturated heterocycles. The zero-order valence-corrected chi connectivity index (χ0v) is 20.0. The zero-order valence-electron chi connectivity index (χ0n) is 18.4. The smallest absolute Gasteiger partial charge is 0.259 e. The van der Waals surface area contributed by atoms with Gasteiger partial charge in [0.25, 0.3) is 5.91 Å². The van der Waals surface area contributed by atoms with Gasteiger partial charge in [-0.3, -0.25) is 14.8 Å². The van der Waals surface area contributed by atoms with Crippen LogP contribution in [0.25, 0.3) is 0 Å². The van der Waals surface area contributed by atoms with E-state index in [0.717, 1.165) is 45.5 Å². The topological polar surface area (TPSA) is 71.3 Å². The third kappa shape index (κ3) is 5.82. The predicted molar refractivity (Wildman–Crippen MR) is 130 cm³/mol. The Kier molecular flexibility index (Phi) is 7.63. The molecule has 0 bridgehead atoms. The van der Waals surface area contributed by atoms with Crippen LogP contribution in [0.15, 0.2) is 58.1 Å². The molecule has 0 saturated carbocycles. The van der Waals surface area contributed by atoms with Crippen molar-refractivity contribution in [2.75, 3.05) is 5.32 Å². The van der Waals surface area contributed by atoms with Crippen molar-refractivity contribution in [2.24, 2.45) is 4.99 Å². The summed E-state index contributed by atoms with van der Waals surface area (Å²) in [5.41, 5.74) is 5.70. The molecular formula is C24H28BrN5O. The molecule has 3 rings (SSSR count). The molecule has 0 atom stereocenters. The molecule has 0 spiro atoms. The normalized spacial score (nSPS) is 11.5. The summed E-state index contributed by atoms with van der Waals surface area (Å²) >= 11 is 3.45. The van der Waals surface area contributed by atoms with E-state index in [1.165, 1.54) is 0 Å². The van der Waals surface area contributed by atoms with Crippen LogP contribution in [0.3, 0.4) is 0 Å². The van der Waals surface area contributed by atoms with Crippen molar-refractivity contribution in [1.29, 1.82) is 0 Å². The maximum absolute atomic E-state index is 12.9. The van der Waals surface area contributed by atoms with Crippen molar-refractivity contribution in [1.82, 2.24) is 15.1 Å². The fourth-order valence-electron chi connectivity index (χ4n) is 3.17. The van der Waals surface area contributed by atoms with Crippen LogP contribution in [-0.4, -0.2) is 21.6 Å². The van der Waals surface area contributed by atoms with Gasteiger partial charge in [0.2, 0.25) is 5.96 Å². The van der Waals surface area contributed by atoms with E-state index >= 15 is 0 Å². The number of aliphatic imine (C=N–C) groups is 1. The fraction of sp³-hybridized carbons (Fsp3) is 0.292. The summed E-state index contributed by atoms with van der Waals surface area (Å²) in [7, 11) is 0. The lowest BCUT2D eigenvalue weighted by atomic mass is 10.1. The first kappa shape index (κ1) is 22.7. The number of amides is 1. The standard InChI is InChI=1S/C24H28BrN5O/c1-5-13-30-15-19(18(4)29-30)14-26-24(27-22-12-8-9-16(2)17(22)3)28-23(31)20-10-6-7-11-21(20)25/h6-12,15H,5,13-14H2,1-4H3,(H2,26,27,28,31). The van der Waals surface area contributed by atoms with E-state index in [2.05, 4.69) is 51.6 Å². The highest BCUT2D eigenvalue weighted by Gasteiger charge is 2.14.